The maximum Gasteiger partial charge on any atom is 0.348 e. The van der Waals surface area contributed by atoms with Crippen LogP contribution in [0.3, 0.4) is 0 Å². The molecule has 2 aromatic carbocycles. The molecule has 0 atom stereocenters. The van der Waals surface area contributed by atoms with Crippen LogP contribution in [0.15, 0.2) is 30.3 Å². The highest BCUT2D eigenvalue weighted by Gasteiger charge is 2.34. The van der Waals surface area contributed by atoms with E-state index in [9.17, 15) is 19.8 Å². The van der Waals surface area contributed by atoms with Crippen LogP contribution < -0.4 is 0 Å². The van der Waals surface area contributed by atoms with Gasteiger partial charge in [0.15, 0.2) is 0 Å². The number of thiophene rings is 1. The summed E-state index contributed by atoms with van der Waals surface area (Å²) in [5, 5.41) is 20.8. The molecule has 1 aromatic heterocycles. The summed E-state index contributed by atoms with van der Waals surface area (Å²) in [7, 11) is 1.29. The van der Waals surface area contributed by atoms with Gasteiger partial charge in [-0.15, -0.1) is 11.3 Å². The number of hydrogen-bond acceptors (Lipinski definition) is 6. The fourth-order valence-corrected chi connectivity index (χ4v) is 4.16. The maximum absolute atomic E-state index is 12.8. The van der Waals surface area contributed by atoms with E-state index in [2.05, 4.69) is 0 Å². The number of phenols is 2. The zero-order valence-corrected chi connectivity index (χ0v) is 12.7. The van der Waals surface area contributed by atoms with Gasteiger partial charge >= 0.3 is 5.97 Å². The maximum atomic E-state index is 12.8. The predicted octanol–water partition coefficient (Wildman–Crippen LogP) is 3.31. The summed E-state index contributed by atoms with van der Waals surface area (Å²) in [5.41, 5.74) is 1.19. The smallest absolute Gasteiger partial charge is 0.348 e. The van der Waals surface area contributed by atoms with Gasteiger partial charge in [0.2, 0.25) is 5.78 Å². The molecule has 0 amide bonds. The summed E-state index contributed by atoms with van der Waals surface area (Å²) in [6.45, 7) is 0. The first-order valence-electron chi connectivity index (χ1n) is 6.78. The van der Waals surface area contributed by atoms with Gasteiger partial charge in [-0.2, -0.15) is 0 Å². The van der Waals surface area contributed by atoms with Gasteiger partial charge in [-0.1, -0.05) is 12.1 Å². The lowest BCUT2D eigenvalue weighted by Crippen LogP contribution is -2.11. The number of ether oxygens (including phenoxy) is 1. The molecule has 6 heteroatoms. The van der Waals surface area contributed by atoms with Crippen molar-refractivity contribution in [3.05, 3.63) is 46.3 Å². The van der Waals surface area contributed by atoms with E-state index in [4.69, 9.17) is 4.74 Å². The Bertz CT molecular complexity index is 1020. The van der Waals surface area contributed by atoms with Crippen molar-refractivity contribution in [3.63, 3.8) is 0 Å². The minimum Gasteiger partial charge on any atom is -0.507 e. The SMILES string of the molecule is COC(=O)c1sc2ccc(O)c3c2c1-c1cccc(O)c1C3=O. The van der Waals surface area contributed by atoms with Crippen LogP contribution in [0.2, 0.25) is 0 Å². The van der Waals surface area contributed by atoms with Crippen LogP contribution in [-0.2, 0) is 4.74 Å². The molecular weight excluding hydrogens is 316 g/mol. The lowest BCUT2D eigenvalue weighted by molar-refractivity contribution is 0.0607. The van der Waals surface area contributed by atoms with Gasteiger partial charge in [-0.05, 0) is 23.8 Å². The number of aromatic hydroxyl groups is 2. The van der Waals surface area contributed by atoms with Crippen LogP contribution in [0.5, 0.6) is 11.5 Å². The van der Waals surface area contributed by atoms with Gasteiger partial charge in [0.1, 0.15) is 16.4 Å². The average molecular weight is 326 g/mol. The Kier molecular flexibility index (Phi) is 2.74. The molecule has 1 aliphatic carbocycles. The Labute approximate surface area is 134 Å². The van der Waals surface area contributed by atoms with Gasteiger partial charge in [-0.25, -0.2) is 4.79 Å². The zero-order chi connectivity index (χ0) is 16.3. The number of carbonyl (C=O) groups is 2. The van der Waals surface area contributed by atoms with Crippen LogP contribution in [0.25, 0.3) is 21.2 Å². The van der Waals surface area contributed by atoms with Crippen LogP contribution in [0.4, 0.5) is 0 Å². The van der Waals surface area contributed by atoms with Gasteiger partial charge in [0, 0.05) is 15.6 Å². The second kappa shape index (κ2) is 4.57. The van der Waals surface area contributed by atoms with Crippen LogP contribution in [0.1, 0.15) is 25.6 Å². The third-order valence-corrected chi connectivity index (χ3v) is 5.11. The molecule has 0 bridgehead atoms. The third-order valence-electron chi connectivity index (χ3n) is 3.97. The monoisotopic (exact) mass is 326 g/mol. The molecule has 4 rings (SSSR count). The minimum atomic E-state index is -0.518. The number of benzene rings is 2. The standard InChI is InChI=1S/C17H10O5S/c1-22-17(21)16-12-7-3-2-4-8(18)11(7)15(20)13-9(19)5-6-10(23-16)14(12)13/h2-6,18-19H,1H3. The summed E-state index contributed by atoms with van der Waals surface area (Å²) < 4.78 is 5.54. The fourth-order valence-electron chi connectivity index (χ4n) is 3.02. The number of rotatable bonds is 1. The molecule has 0 saturated carbocycles. The molecular formula is C17H10O5S. The van der Waals surface area contributed by atoms with Crippen LogP contribution >= 0.6 is 11.3 Å². The highest BCUT2D eigenvalue weighted by Crippen LogP contribution is 2.50. The van der Waals surface area contributed by atoms with E-state index in [1.165, 1.54) is 30.6 Å². The van der Waals surface area contributed by atoms with E-state index in [0.29, 0.717) is 26.1 Å². The second-order valence-corrected chi connectivity index (χ2v) is 6.21. The molecule has 1 heterocycles. The molecule has 3 aromatic rings. The molecule has 0 saturated heterocycles. The van der Waals surface area contributed by atoms with Crippen molar-refractivity contribution in [1.29, 1.82) is 0 Å². The zero-order valence-electron chi connectivity index (χ0n) is 11.9. The number of fused-ring (bicyclic) bond motifs is 2. The number of ketones is 1. The minimum absolute atomic E-state index is 0.0892. The summed E-state index contributed by atoms with van der Waals surface area (Å²) >= 11 is 1.20. The largest absolute Gasteiger partial charge is 0.507 e. The van der Waals surface area contributed by atoms with Gasteiger partial charge in [0.05, 0.1) is 18.2 Å². The van der Waals surface area contributed by atoms with Crippen LogP contribution in [0, 0.1) is 0 Å². The molecule has 0 aliphatic heterocycles. The summed E-state index contributed by atoms with van der Waals surface area (Å²) in [4.78, 5) is 25.2. The summed E-state index contributed by atoms with van der Waals surface area (Å²) in [6, 6.07) is 7.77. The second-order valence-electron chi connectivity index (χ2n) is 5.16. The first-order chi connectivity index (χ1) is 11.0. The van der Waals surface area contributed by atoms with Gasteiger partial charge in [-0.3, -0.25) is 4.79 Å². The Balaban J connectivity index is 2.26. The van der Waals surface area contributed by atoms with Crippen molar-refractivity contribution in [3.8, 4) is 22.6 Å². The van der Waals surface area contributed by atoms with Crippen molar-refractivity contribution in [2.24, 2.45) is 0 Å². The number of esters is 1. The van der Waals surface area contributed by atoms with Gasteiger partial charge < -0.3 is 14.9 Å². The predicted molar refractivity (Wildman–Crippen MR) is 85.4 cm³/mol. The van der Waals surface area contributed by atoms with E-state index in [1.54, 1.807) is 18.2 Å². The van der Waals surface area contributed by atoms with Gasteiger partial charge in [0.25, 0.3) is 0 Å². The summed E-state index contributed by atoms with van der Waals surface area (Å²) in [5.74, 6) is -1.33. The lowest BCUT2D eigenvalue weighted by Gasteiger charge is -2.18. The number of hydrogen-bond donors (Lipinski definition) is 2. The number of phenolic OH excluding ortho intramolecular Hbond substituents is 2. The van der Waals surface area contributed by atoms with E-state index in [0.717, 1.165) is 0 Å². The fraction of sp³-hybridized carbons (Fsp3) is 0.0588. The molecule has 23 heavy (non-hydrogen) atoms. The van der Waals surface area contributed by atoms with E-state index in [1.807, 2.05) is 0 Å². The molecule has 114 valence electrons. The van der Waals surface area contributed by atoms with E-state index < -0.39 is 11.8 Å². The normalized spacial score (nSPS) is 12.3. The Morgan fingerprint density at radius 2 is 1.78 bits per heavy atom. The number of carbonyl (C=O) groups excluding carboxylic acids is 2. The first-order valence-corrected chi connectivity index (χ1v) is 7.60. The lowest BCUT2D eigenvalue weighted by atomic mass is 9.83. The van der Waals surface area contributed by atoms with Crippen molar-refractivity contribution in [2.45, 2.75) is 0 Å². The molecule has 0 spiro atoms. The highest BCUT2D eigenvalue weighted by atomic mass is 32.1. The van der Waals surface area contributed by atoms with Crippen molar-refractivity contribution in [1.82, 2.24) is 0 Å². The van der Waals surface area contributed by atoms with Crippen molar-refractivity contribution in [2.75, 3.05) is 7.11 Å². The quantitative estimate of drug-likeness (QED) is 0.524. The third kappa shape index (κ3) is 1.66. The summed E-state index contributed by atoms with van der Waals surface area (Å²) in [6.07, 6.45) is 0. The molecule has 2 N–H and O–H groups in total. The van der Waals surface area contributed by atoms with E-state index >= 15 is 0 Å². The van der Waals surface area contributed by atoms with E-state index in [-0.39, 0.29) is 22.6 Å². The topological polar surface area (TPSA) is 83.8 Å². The molecule has 0 radical (unpaired) electrons. The number of methoxy groups -OCH3 is 1. The Morgan fingerprint density at radius 1 is 1.04 bits per heavy atom. The average Bonchev–Trinajstić information content (AvgIpc) is 2.92. The molecule has 1 aliphatic rings. The van der Waals surface area contributed by atoms with Crippen LogP contribution in [-0.4, -0.2) is 29.1 Å². The Hall–Kier alpha value is -2.86. The molecule has 0 fully saturated rings. The highest BCUT2D eigenvalue weighted by molar-refractivity contribution is 7.21. The Morgan fingerprint density at radius 3 is 2.52 bits per heavy atom. The molecule has 0 unspecified atom stereocenters. The van der Waals surface area contributed by atoms with Crippen molar-refractivity contribution < 1.29 is 24.5 Å². The first kappa shape index (κ1) is 13.8. The van der Waals surface area contributed by atoms with Crippen molar-refractivity contribution >= 4 is 33.2 Å². The molecule has 5 nitrogen and oxygen atoms in total.